The van der Waals surface area contributed by atoms with Crippen molar-refractivity contribution < 1.29 is 24.6 Å². The number of thioether (sulfide) groups is 1. The first kappa shape index (κ1) is 16.3. The predicted octanol–water partition coefficient (Wildman–Crippen LogP) is 2.88. The SMILES string of the molecule is O=C(O)CN1C(=O)S/C(=C\c2cc(Br)c(O)c(I)c2)C1=O. The molecule has 0 bridgehead atoms. The minimum absolute atomic E-state index is 0.0896. The number of nitrogens with zero attached hydrogens (tertiary/aromatic N) is 1. The van der Waals surface area contributed by atoms with Gasteiger partial charge in [0.2, 0.25) is 0 Å². The molecule has 2 amide bonds. The lowest BCUT2D eigenvalue weighted by molar-refractivity contribution is -0.140. The Morgan fingerprint density at radius 1 is 1.43 bits per heavy atom. The number of carbonyl (C=O) groups is 3. The number of carboxylic acid groups (broad SMARTS) is 1. The summed E-state index contributed by atoms with van der Waals surface area (Å²) in [4.78, 5) is 35.1. The van der Waals surface area contributed by atoms with Crippen LogP contribution in [0.2, 0.25) is 0 Å². The number of phenols is 1. The first-order valence-corrected chi connectivity index (χ1v) is 8.13. The van der Waals surface area contributed by atoms with E-state index in [1.807, 2.05) is 22.6 Å². The van der Waals surface area contributed by atoms with Gasteiger partial charge in [0.25, 0.3) is 11.1 Å². The van der Waals surface area contributed by atoms with E-state index in [4.69, 9.17) is 5.11 Å². The van der Waals surface area contributed by atoms with E-state index in [0.717, 1.165) is 0 Å². The van der Waals surface area contributed by atoms with E-state index >= 15 is 0 Å². The van der Waals surface area contributed by atoms with Crippen LogP contribution in [0.15, 0.2) is 21.5 Å². The number of carboxylic acids is 1. The van der Waals surface area contributed by atoms with Crippen molar-refractivity contribution in [3.8, 4) is 5.75 Å². The van der Waals surface area contributed by atoms with Crippen LogP contribution in [0.25, 0.3) is 6.08 Å². The summed E-state index contributed by atoms with van der Waals surface area (Å²) in [6.45, 7) is -0.654. The molecule has 1 aliphatic rings. The molecule has 9 heteroatoms. The van der Waals surface area contributed by atoms with Crippen LogP contribution < -0.4 is 0 Å². The maximum Gasteiger partial charge on any atom is 0.323 e. The summed E-state index contributed by atoms with van der Waals surface area (Å²) in [6, 6.07) is 3.24. The summed E-state index contributed by atoms with van der Waals surface area (Å²) in [5.74, 6) is -1.79. The minimum Gasteiger partial charge on any atom is -0.506 e. The quantitative estimate of drug-likeness (QED) is 0.507. The Balaban J connectivity index is 2.33. The number of amides is 2. The zero-order valence-corrected chi connectivity index (χ0v) is 14.7. The minimum atomic E-state index is -1.25. The monoisotopic (exact) mass is 483 g/mol. The highest BCUT2D eigenvalue weighted by Gasteiger charge is 2.36. The highest BCUT2D eigenvalue weighted by molar-refractivity contribution is 14.1. The number of benzene rings is 1. The van der Waals surface area contributed by atoms with Gasteiger partial charge in [0.1, 0.15) is 12.3 Å². The molecule has 0 unspecified atom stereocenters. The molecular weight excluding hydrogens is 477 g/mol. The van der Waals surface area contributed by atoms with Crippen LogP contribution in [0.4, 0.5) is 4.79 Å². The van der Waals surface area contributed by atoms with E-state index in [-0.39, 0.29) is 10.7 Å². The molecule has 1 aromatic rings. The van der Waals surface area contributed by atoms with Crippen molar-refractivity contribution >= 4 is 73.5 Å². The van der Waals surface area contributed by atoms with E-state index in [9.17, 15) is 19.5 Å². The average molecular weight is 484 g/mol. The molecule has 2 rings (SSSR count). The van der Waals surface area contributed by atoms with Crippen molar-refractivity contribution in [1.29, 1.82) is 0 Å². The van der Waals surface area contributed by atoms with Gasteiger partial charge in [-0.25, -0.2) is 0 Å². The van der Waals surface area contributed by atoms with Gasteiger partial charge in [0, 0.05) is 0 Å². The Bertz CT molecular complexity index is 667. The predicted molar refractivity (Wildman–Crippen MR) is 88.8 cm³/mol. The molecule has 1 fully saturated rings. The lowest BCUT2D eigenvalue weighted by Crippen LogP contribution is -2.33. The topological polar surface area (TPSA) is 94.9 Å². The Hall–Kier alpha value is -1.07. The maximum absolute atomic E-state index is 12.0. The van der Waals surface area contributed by atoms with Crippen molar-refractivity contribution in [2.24, 2.45) is 0 Å². The Kier molecular flexibility index (Phi) is 4.94. The van der Waals surface area contributed by atoms with E-state index in [1.54, 1.807) is 12.1 Å². The molecule has 0 atom stereocenters. The van der Waals surface area contributed by atoms with Gasteiger partial charge in [-0.1, -0.05) is 0 Å². The summed E-state index contributed by atoms with van der Waals surface area (Å²) < 4.78 is 1.04. The number of aromatic hydroxyl groups is 1. The number of rotatable bonds is 3. The van der Waals surface area contributed by atoms with Gasteiger partial charge in [-0.15, -0.1) is 0 Å². The molecule has 6 nitrogen and oxygen atoms in total. The zero-order valence-electron chi connectivity index (χ0n) is 10.2. The third-order valence-corrected chi connectivity index (χ3v) is 4.84. The second-order valence-electron chi connectivity index (χ2n) is 3.99. The van der Waals surface area contributed by atoms with Gasteiger partial charge < -0.3 is 10.2 Å². The summed E-state index contributed by atoms with van der Waals surface area (Å²) in [6.07, 6.45) is 1.49. The smallest absolute Gasteiger partial charge is 0.323 e. The largest absolute Gasteiger partial charge is 0.506 e. The van der Waals surface area contributed by atoms with Crippen molar-refractivity contribution in [3.05, 3.63) is 30.6 Å². The van der Waals surface area contributed by atoms with Gasteiger partial charge in [-0.2, -0.15) is 0 Å². The average Bonchev–Trinajstić information content (AvgIpc) is 2.63. The molecule has 0 radical (unpaired) electrons. The summed E-state index contributed by atoms with van der Waals surface area (Å²) >= 11 is 5.81. The van der Waals surface area contributed by atoms with Gasteiger partial charge in [-0.05, 0) is 74.1 Å². The first-order valence-electron chi connectivity index (χ1n) is 5.44. The molecule has 1 saturated heterocycles. The molecule has 1 heterocycles. The fraction of sp³-hybridized carbons (Fsp3) is 0.0833. The van der Waals surface area contributed by atoms with Gasteiger partial charge in [0.15, 0.2) is 0 Å². The molecule has 110 valence electrons. The first-order chi connectivity index (χ1) is 9.79. The fourth-order valence-electron chi connectivity index (χ4n) is 1.59. The Labute approximate surface area is 145 Å². The van der Waals surface area contributed by atoms with E-state index in [1.165, 1.54) is 6.08 Å². The van der Waals surface area contributed by atoms with Crippen LogP contribution >= 0.6 is 50.3 Å². The van der Waals surface area contributed by atoms with E-state index in [0.29, 0.717) is 30.3 Å². The van der Waals surface area contributed by atoms with Crippen LogP contribution in [0, 0.1) is 3.57 Å². The van der Waals surface area contributed by atoms with Crippen LogP contribution in [-0.4, -0.2) is 38.8 Å². The molecule has 0 spiro atoms. The second-order valence-corrected chi connectivity index (χ2v) is 7.00. The van der Waals surface area contributed by atoms with Crippen LogP contribution in [-0.2, 0) is 9.59 Å². The van der Waals surface area contributed by atoms with Gasteiger partial charge >= 0.3 is 5.97 Å². The van der Waals surface area contributed by atoms with Gasteiger partial charge in [0.05, 0.1) is 12.9 Å². The number of hydrogen-bond acceptors (Lipinski definition) is 5. The highest BCUT2D eigenvalue weighted by Crippen LogP contribution is 2.35. The Morgan fingerprint density at radius 3 is 2.67 bits per heavy atom. The van der Waals surface area contributed by atoms with Crippen molar-refractivity contribution in [1.82, 2.24) is 4.90 Å². The maximum atomic E-state index is 12.0. The summed E-state index contributed by atoms with van der Waals surface area (Å²) in [5, 5.41) is 17.7. The molecule has 0 saturated carbocycles. The fourth-order valence-corrected chi connectivity index (χ4v) is 3.93. The number of phenolic OH excluding ortho intramolecular Hbond substituents is 1. The second kappa shape index (κ2) is 6.36. The molecule has 2 N–H and O–H groups in total. The lowest BCUT2D eigenvalue weighted by Gasteiger charge is -2.07. The van der Waals surface area contributed by atoms with Gasteiger partial charge in [-0.3, -0.25) is 19.3 Å². The third kappa shape index (κ3) is 3.58. The molecule has 21 heavy (non-hydrogen) atoms. The molecule has 0 aliphatic carbocycles. The molecule has 0 aromatic heterocycles. The van der Waals surface area contributed by atoms with Crippen molar-refractivity contribution in [3.63, 3.8) is 0 Å². The normalized spacial score (nSPS) is 16.9. The van der Waals surface area contributed by atoms with Crippen LogP contribution in [0.5, 0.6) is 5.75 Å². The van der Waals surface area contributed by atoms with Crippen molar-refractivity contribution in [2.75, 3.05) is 6.54 Å². The third-order valence-electron chi connectivity index (χ3n) is 2.50. The summed E-state index contributed by atoms with van der Waals surface area (Å²) in [5.41, 5.74) is 0.616. The van der Waals surface area contributed by atoms with E-state index < -0.39 is 23.7 Å². The molecular formula is C12H7BrINO5S. The van der Waals surface area contributed by atoms with Crippen LogP contribution in [0.1, 0.15) is 5.56 Å². The van der Waals surface area contributed by atoms with E-state index in [2.05, 4.69) is 15.9 Å². The summed E-state index contributed by atoms with van der Waals surface area (Å²) in [7, 11) is 0. The Morgan fingerprint density at radius 2 is 2.10 bits per heavy atom. The number of aliphatic carboxylic acids is 1. The van der Waals surface area contributed by atoms with Crippen LogP contribution in [0.3, 0.4) is 0 Å². The highest BCUT2D eigenvalue weighted by atomic mass is 127. The zero-order chi connectivity index (χ0) is 15.7. The number of halogens is 2. The number of imide groups is 1. The van der Waals surface area contributed by atoms with Crippen molar-refractivity contribution in [2.45, 2.75) is 0 Å². The number of hydrogen-bond donors (Lipinski definition) is 2. The molecule has 1 aromatic carbocycles. The standard InChI is InChI=1S/C12H7BrINO5S/c13-6-1-5(2-7(14)10(6)18)3-8-11(19)15(4-9(16)17)12(20)21-8/h1-3,18H,4H2,(H,16,17)/b8-3-. The molecule has 1 aliphatic heterocycles. The number of carbonyl (C=O) groups excluding carboxylic acids is 2. The lowest BCUT2D eigenvalue weighted by atomic mass is 10.2.